The van der Waals surface area contributed by atoms with Gasteiger partial charge in [0.25, 0.3) is 0 Å². The van der Waals surface area contributed by atoms with Crippen LogP contribution in [0.4, 0.5) is 0 Å². The molecule has 0 saturated carbocycles. The van der Waals surface area contributed by atoms with E-state index in [2.05, 4.69) is 0 Å². The maximum Gasteiger partial charge on any atom is 0.336 e. The van der Waals surface area contributed by atoms with Crippen molar-refractivity contribution in [2.45, 2.75) is 45.8 Å². The Morgan fingerprint density at radius 2 is 2.08 bits per heavy atom. The summed E-state index contributed by atoms with van der Waals surface area (Å²) in [7, 11) is 0. The van der Waals surface area contributed by atoms with Crippen LogP contribution in [-0.2, 0) is 14.3 Å². The molecule has 0 N–H and O–H groups in total. The van der Waals surface area contributed by atoms with Crippen LogP contribution >= 0.6 is 0 Å². The lowest BCUT2D eigenvalue weighted by Crippen LogP contribution is -2.34. The molecule has 0 radical (unpaired) electrons. The molecule has 0 aromatic rings. The molecular weight excluding hydrogens is 168 g/mol. The summed E-state index contributed by atoms with van der Waals surface area (Å²) < 4.78 is 10.5. The van der Waals surface area contributed by atoms with Crippen LogP contribution in [0.2, 0.25) is 0 Å². The fraction of sp³-hybridized carbons (Fsp3) is 0.900. The predicted octanol–water partition coefficient (Wildman–Crippen LogP) is 1.75. The van der Waals surface area contributed by atoms with Gasteiger partial charge in [-0.25, -0.2) is 4.79 Å². The summed E-state index contributed by atoms with van der Waals surface area (Å²) in [6, 6.07) is 0. The number of esters is 1. The zero-order valence-electron chi connectivity index (χ0n) is 8.79. The van der Waals surface area contributed by atoms with Crippen LogP contribution in [0.5, 0.6) is 0 Å². The summed E-state index contributed by atoms with van der Waals surface area (Å²) in [4.78, 5) is 11.5. The molecule has 0 aliphatic carbocycles. The second-order valence-corrected chi connectivity index (χ2v) is 4.59. The van der Waals surface area contributed by atoms with Crippen LogP contribution in [0.25, 0.3) is 0 Å². The second-order valence-electron chi connectivity index (χ2n) is 4.59. The Labute approximate surface area is 79.4 Å². The van der Waals surface area contributed by atoms with E-state index in [4.69, 9.17) is 9.47 Å². The molecule has 1 fully saturated rings. The summed E-state index contributed by atoms with van der Waals surface area (Å²) in [5.74, 6) is 0.0624. The molecule has 3 heteroatoms. The van der Waals surface area contributed by atoms with E-state index in [0.29, 0.717) is 6.61 Å². The third-order valence-corrected chi connectivity index (χ3v) is 2.03. The fourth-order valence-electron chi connectivity index (χ4n) is 1.36. The quantitative estimate of drug-likeness (QED) is 0.585. The van der Waals surface area contributed by atoms with E-state index < -0.39 is 5.60 Å². The first kappa shape index (κ1) is 10.5. The van der Waals surface area contributed by atoms with Crippen molar-refractivity contribution in [2.75, 3.05) is 6.61 Å². The molecule has 0 aromatic heterocycles. The van der Waals surface area contributed by atoms with Crippen molar-refractivity contribution >= 4 is 5.97 Å². The van der Waals surface area contributed by atoms with Gasteiger partial charge in [0.15, 0.2) is 6.10 Å². The molecule has 76 valence electrons. The first-order valence-corrected chi connectivity index (χ1v) is 4.74. The van der Waals surface area contributed by atoms with Gasteiger partial charge in [-0.2, -0.15) is 0 Å². The van der Waals surface area contributed by atoms with Crippen LogP contribution in [0.15, 0.2) is 0 Å². The maximum atomic E-state index is 11.5. The van der Waals surface area contributed by atoms with Crippen molar-refractivity contribution in [1.29, 1.82) is 0 Å². The molecule has 1 saturated heterocycles. The van der Waals surface area contributed by atoms with E-state index in [9.17, 15) is 4.79 Å². The second kappa shape index (κ2) is 3.66. The Morgan fingerprint density at radius 1 is 1.46 bits per heavy atom. The predicted molar refractivity (Wildman–Crippen MR) is 49.4 cm³/mol. The molecule has 1 aliphatic rings. The zero-order valence-corrected chi connectivity index (χ0v) is 8.79. The van der Waals surface area contributed by atoms with Gasteiger partial charge in [0, 0.05) is 6.61 Å². The van der Waals surface area contributed by atoms with Crippen LogP contribution < -0.4 is 0 Å². The smallest absolute Gasteiger partial charge is 0.336 e. The van der Waals surface area contributed by atoms with E-state index in [0.717, 1.165) is 6.42 Å². The molecule has 0 amide bonds. The number of hydrogen-bond donors (Lipinski definition) is 0. The number of hydrogen-bond acceptors (Lipinski definition) is 3. The van der Waals surface area contributed by atoms with Crippen LogP contribution in [0, 0.1) is 5.92 Å². The largest absolute Gasteiger partial charge is 0.458 e. The Hall–Kier alpha value is -0.570. The van der Waals surface area contributed by atoms with Crippen LogP contribution in [-0.4, -0.2) is 24.3 Å². The molecule has 1 heterocycles. The molecule has 1 rings (SSSR count). The minimum Gasteiger partial charge on any atom is -0.458 e. The molecule has 1 aliphatic heterocycles. The van der Waals surface area contributed by atoms with Gasteiger partial charge in [-0.1, -0.05) is 6.92 Å². The molecule has 0 bridgehead atoms. The zero-order chi connectivity index (χ0) is 10.1. The first-order valence-electron chi connectivity index (χ1n) is 4.74. The van der Waals surface area contributed by atoms with Crippen molar-refractivity contribution in [3.05, 3.63) is 0 Å². The van der Waals surface area contributed by atoms with Gasteiger partial charge < -0.3 is 9.47 Å². The molecule has 0 spiro atoms. The normalized spacial score (nSPS) is 28.9. The summed E-state index contributed by atoms with van der Waals surface area (Å²) in [5, 5.41) is 0. The highest BCUT2D eigenvalue weighted by molar-refractivity contribution is 5.75. The topological polar surface area (TPSA) is 35.5 Å². The Balaban J connectivity index is 2.48. The van der Waals surface area contributed by atoms with Gasteiger partial charge >= 0.3 is 5.97 Å². The van der Waals surface area contributed by atoms with Gasteiger partial charge in [0.1, 0.15) is 5.60 Å². The minimum atomic E-state index is -0.414. The Morgan fingerprint density at radius 3 is 2.46 bits per heavy atom. The van der Waals surface area contributed by atoms with Crippen LogP contribution in [0.1, 0.15) is 34.1 Å². The SMILES string of the molecule is CC1CCOC1C(=O)OC(C)(C)C. The Kier molecular flexibility index (Phi) is 2.96. The van der Waals surface area contributed by atoms with E-state index in [1.807, 2.05) is 27.7 Å². The highest BCUT2D eigenvalue weighted by atomic mass is 16.6. The van der Waals surface area contributed by atoms with Crippen LogP contribution in [0.3, 0.4) is 0 Å². The minimum absolute atomic E-state index is 0.225. The molecular formula is C10H18O3. The third kappa shape index (κ3) is 2.99. The molecule has 2 atom stereocenters. The first-order chi connectivity index (χ1) is 5.90. The van der Waals surface area contributed by atoms with Gasteiger partial charge in [0.05, 0.1) is 0 Å². The summed E-state index contributed by atoms with van der Waals surface area (Å²) >= 11 is 0. The number of ether oxygens (including phenoxy) is 2. The summed E-state index contributed by atoms with van der Waals surface area (Å²) in [6.45, 7) is 8.28. The maximum absolute atomic E-state index is 11.5. The molecule has 3 nitrogen and oxygen atoms in total. The van der Waals surface area contributed by atoms with Crippen molar-refractivity contribution in [3.63, 3.8) is 0 Å². The molecule has 13 heavy (non-hydrogen) atoms. The van der Waals surface area contributed by atoms with Gasteiger partial charge in [-0.05, 0) is 33.1 Å². The highest BCUT2D eigenvalue weighted by Crippen LogP contribution is 2.22. The standard InChI is InChI=1S/C10H18O3/c1-7-5-6-12-8(7)9(11)13-10(2,3)4/h7-8H,5-6H2,1-4H3. The van der Waals surface area contributed by atoms with Gasteiger partial charge in [-0.15, -0.1) is 0 Å². The van der Waals surface area contributed by atoms with Crippen molar-refractivity contribution in [1.82, 2.24) is 0 Å². The lowest BCUT2D eigenvalue weighted by atomic mass is 10.0. The number of carbonyl (C=O) groups is 1. The van der Waals surface area contributed by atoms with E-state index in [-0.39, 0.29) is 18.0 Å². The molecule has 0 aromatic carbocycles. The van der Waals surface area contributed by atoms with Gasteiger partial charge in [-0.3, -0.25) is 0 Å². The highest BCUT2D eigenvalue weighted by Gasteiger charge is 2.34. The van der Waals surface area contributed by atoms with E-state index >= 15 is 0 Å². The lowest BCUT2D eigenvalue weighted by molar-refractivity contribution is -0.167. The third-order valence-electron chi connectivity index (χ3n) is 2.03. The lowest BCUT2D eigenvalue weighted by Gasteiger charge is -2.23. The van der Waals surface area contributed by atoms with Crippen molar-refractivity contribution in [3.8, 4) is 0 Å². The van der Waals surface area contributed by atoms with Crippen molar-refractivity contribution < 1.29 is 14.3 Å². The molecule has 2 unspecified atom stereocenters. The summed E-state index contributed by atoms with van der Waals surface area (Å²) in [6.07, 6.45) is 0.600. The number of carbonyl (C=O) groups excluding carboxylic acids is 1. The average molecular weight is 186 g/mol. The number of rotatable bonds is 1. The van der Waals surface area contributed by atoms with E-state index in [1.54, 1.807) is 0 Å². The summed E-state index contributed by atoms with van der Waals surface area (Å²) in [5.41, 5.74) is -0.414. The average Bonchev–Trinajstić information content (AvgIpc) is 2.30. The van der Waals surface area contributed by atoms with Crippen molar-refractivity contribution in [2.24, 2.45) is 5.92 Å². The van der Waals surface area contributed by atoms with Gasteiger partial charge in [0.2, 0.25) is 0 Å². The monoisotopic (exact) mass is 186 g/mol. The van der Waals surface area contributed by atoms with E-state index in [1.165, 1.54) is 0 Å². The fourth-order valence-corrected chi connectivity index (χ4v) is 1.36. The Bertz CT molecular complexity index is 193.